The smallest absolute Gasteiger partial charge is 0.237 e. The molecule has 2 aromatic carbocycles. The number of nitrogens with zero attached hydrogens (tertiary/aromatic N) is 1. The molecule has 44 heavy (non-hydrogen) atoms. The van der Waals surface area contributed by atoms with Gasteiger partial charge in [0.25, 0.3) is 0 Å². The van der Waals surface area contributed by atoms with Crippen LogP contribution < -0.4 is 16.0 Å². The van der Waals surface area contributed by atoms with Crippen molar-refractivity contribution in [3.63, 3.8) is 0 Å². The molecule has 2 aliphatic heterocycles. The summed E-state index contributed by atoms with van der Waals surface area (Å²) in [5.74, 6) is 0.819. The number of hydrogen-bond donors (Lipinski definition) is 3. The van der Waals surface area contributed by atoms with Crippen LogP contribution in [0, 0.1) is 11.3 Å². The fourth-order valence-corrected chi connectivity index (χ4v) is 7.65. The number of carbonyl (C=O) groups excluding carboxylic acids is 2. The highest BCUT2D eigenvalue weighted by molar-refractivity contribution is 6.30. The Morgan fingerprint density at radius 2 is 1.66 bits per heavy atom. The second-order valence-electron chi connectivity index (χ2n) is 14.3. The van der Waals surface area contributed by atoms with Gasteiger partial charge in [-0.15, -0.1) is 12.4 Å². The Morgan fingerprint density at radius 3 is 2.32 bits per heavy atom. The minimum Gasteiger partial charge on any atom is -0.352 e. The van der Waals surface area contributed by atoms with Gasteiger partial charge in [0.15, 0.2) is 0 Å². The number of nitrogens with one attached hydrogen (secondary N) is 3. The first-order valence-electron chi connectivity index (χ1n) is 16.5. The standard InChI is InChI=1S/C36H51ClN4O2.ClH/c1-35(2,3)40-34(43)36(29-11-5-4-6-12-29)18-21-41(22-19-36)20-17-31(23-26-13-15-30(37)16-14-26)39-33(42)32-24-27-9-7-8-10-28(27)25-38-32;/h7-10,13-16,29,31-32,38H,4-6,11-12,17-25H2,1-3H3,(H,39,42)(H,40,43);1H/t31-,32+;/m0./s1. The van der Waals surface area contributed by atoms with Crippen molar-refractivity contribution in [2.75, 3.05) is 19.6 Å². The predicted molar refractivity (Wildman–Crippen MR) is 182 cm³/mol. The van der Waals surface area contributed by atoms with E-state index in [1.165, 1.54) is 48.8 Å². The number of halogens is 2. The lowest BCUT2D eigenvalue weighted by molar-refractivity contribution is -0.141. The van der Waals surface area contributed by atoms with E-state index in [4.69, 9.17) is 11.6 Å². The van der Waals surface area contributed by atoms with Crippen molar-refractivity contribution in [1.82, 2.24) is 20.9 Å². The van der Waals surface area contributed by atoms with E-state index in [1.807, 2.05) is 12.1 Å². The molecule has 3 N–H and O–H groups in total. The zero-order chi connectivity index (χ0) is 30.5. The Hall–Kier alpha value is -2.12. The van der Waals surface area contributed by atoms with E-state index in [0.717, 1.165) is 56.9 Å². The zero-order valence-corrected chi connectivity index (χ0v) is 28.4. The molecule has 3 aliphatic rings. The molecule has 2 fully saturated rings. The monoisotopic (exact) mass is 642 g/mol. The minimum absolute atomic E-state index is 0. The van der Waals surface area contributed by atoms with Gasteiger partial charge < -0.3 is 20.9 Å². The second-order valence-corrected chi connectivity index (χ2v) is 14.7. The highest BCUT2D eigenvalue weighted by atomic mass is 35.5. The molecular formula is C36H52Cl2N4O2. The molecule has 0 aromatic heterocycles. The minimum atomic E-state index is -0.260. The van der Waals surface area contributed by atoms with Crippen LogP contribution in [0.4, 0.5) is 0 Å². The molecule has 2 amide bonds. The molecule has 0 bridgehead atoms. The summed E-state index contributed by atoms with van der Waals surface area (Å²) in [6, 6.07) is 16.1. The maximum atomic E-state index is 13.8. The highest BCUT2D eigenvalue weighted by Gasteiger charge is 2.48. The lowest BCUT2D eigenvalue weighted by Crippen LogP contribution is -2.56. The van der Waals surface area contributed by atoms with E-state index >= 15 is 0 Å². The number of rotatable bonds is 9. The van der Waals surface area contributed by atoms with Crippen molar-refractivity contribution in [3.8, 4) is 0 Å². The van der Waals surface area contributed by atoms with Crippen LogP contribution in [-0.2, 0) is 29.0 Å². The molecule has 2 aromatic rings. The van der Waals surface area contributed by atoms with E-state index in [9.17, 15) is 9.59 Å². The summed E-state index contributed by atoms with van der Waals surface area (Å²) >= 11 is 6.16. The van der Waals surface area contributed by atoms with Gasteiger partial charge in [-0.2, -0.15) is 0 Å². The quantitative estimate of drug-likeness (QED) is 0.293. The van der Waals surface area contributed by atoms with E-state index in [1.54, 1.807) is 0 Å². The van der Waals surface area contributed by atoms with E-state index in [-0.39, 0.29) is 47.3 Å². The molecule has 0 unspecified atom stereocenters. The first-order chi connectivity index (χ1) is 20.6. The van der Waals surface area contributed by atoms with Gasteiger partial charge in [0.05, 0.1) is 11.5 Å². The number of benzene rings is 2. The van der Waals surface area contributed by atoms with Crippen LogP contribution in [-0.4, -0.2) is 54.0 Å². The Balaban J connectivity index is 0.00000442. The molecule has 242 valence electrons. The summed E-state index contributed by atoms with van der Waals surface area (Å²) in [6.45, 7) is 9.74. The average Bonchev–Trinajstić information content (AvgIpc) is 3.00. The summed E-state index contributed by atoms with van der Waals surface area (Å²) in [4.78, 5) is 29.8. The van der Waals surface area contributed by atoms with Crippen LogP contribution in [0.3, 0.4) is 0 Å². The molecule has 6 nitrogen and oxygen atoms in total. The van der Waals surface area contributed by atoms with Gasteiger partial charge in [-0.25, -0.2) is 0 Å². The third kappa shape index (κ3) is 8.99. The fraction of sp³-hybridized carbons (Fsp3) is 0.611. The Morgan fingerprint density at radius 1 is 1.00 bits per heavy atom. The number of likely N-dealkylation sites (tertiary alicyclic amines) is 1. The van der Waals surface area contributed by atoms with E-state index in [2.05, 4.69) is 78.0 Å². The van der Waals surface area contributed by atoms with Gasteiger partial charge in [-0.05, 0) is 114 Å². The van der Waals surface area contributed by atoms with Crippen LogP contribution in [0.25, 0.3) is 0 Å². The molecule has 1 saturated heterocycles. The highest BCUT2D eigenvalue weighted by Crippen LogP contribution is 2.46. The van der Waals surface area contributed by atoms with E-state index < -0.39 is 0 Å². The summed E-state index contributed by atoms with van der Waals surface area (Å²) < 4.78 is 0. The van der Waals surface area contributed by atoms with Gasteiger partial charge in [-0.1, -0.05) is 67.3 Å². The maximum Gasteiger partial charge on any atom is 0.237 e. The van der Waals surface area contributed by atoms with Crippen molar-refractivity contribution in [2.24, 2.45) is 11.3 Å². The van der Waals surface area contributed by atoms with Crippen LogP contribution in [0.2, 0.25) is 5.02 Å². The zero-order valence-electron chi connectivity index (χ0n) is 26.8. The van der Waals surface area contributed by atoms with Crippen molar-refractivity contribution >= 4 is 35.8 Å². The Bertz CT molecular complexity index is 1230. The summed E-state index contributed by atoms with van der Waals surface area (Å²) in [5, 5.41) is 10.9. The maximum absolute atomic E-state index is 13.8. The van der Waals surface area contributed by atoms with Crippen LogP contribution in [0.5, 0.6) is 0 Å². The van der Waals surface area contributed by atoms with Crippen LogP contribution >= 0.6 is 24.0 Å². The van der Waals surface area contributed by atoms with Crippen molar-refractivity contribution in [2.45, 2.75) is 109 Å². The molecule has 2 atom stereocenters. The van der Waals surface area contributed by atoms with Gasteiger partial charge in [0, 0.05) is 29.7 Å². The summed E-state index contributed by atoms with van der Waals surface area (Å²) in [6.07, 6.45) is 10.3. The molecule has 0 radical (unpaired) electrons. The first-order valence-corrected chi connectivity index (χ1v) is 16.9. The SMILES string of the molecule is CC(C)(C)NC(=O)C1(C2CCCCC2)CCN(CC[C@@H](Cc2ccc(Cl)cc2)NC(=O)[C@H]2Cc3ccccc3CN2)CC1.Cl. The largest absolute Gasteiger partial charge is 0.352 e. The topological polar surface area (TPSA) is 73.5 Å². The van der Waals surface area contributed by atoms with Crippen LogP contribution in [0.1, 0.15) is 88.8 Å². The van der Waals surface area contributed by atoms with Crippen molar-refractivity contribution in [3.05, 3.63) is 70.2 Å². The van der Waals surface area contributed by atoms with Gasteiger partial charge in [0.2, 0.25) is 11.8 Å². The normalized spacial score (nSPS) is 21.4. The van der Waals surface area contributed by atoms with Gasteiger partial charge in [-0.3, -0.25) is 9.59 Å². The fourth-order valence-electron chi connectivity index (χ4n) is 7.53. The van der Waals surface area contributed by atoms with E-state index in [0.29, 0.717) is 12.3 Å². The third-order valence-electron chi connectivity index (χ3n) is 10.0. The lowest BCUT2D eigenvalue weighted by atomic mass is 9.63. The van der Waals surface area contributed by atoms with Crippen LogP contribution in [0.15, 0.2) is 48.5 Å². The number of amides is 2. The van der Waals surface area contributed by atoms with Crippen molar-refractivity contribution < 1.29 is 9.59 Å². The summed E-state index contributed by atoms with van der Waals surface area (Å²) in [5.41, 5.74) is 3.21. The number of piperidine rings is 1. The molecule has 1 aliphatic carbocycles. The third-order valence-corrected chi connectivity index (χ3v) is 10.3. The van der Waals surface area contributed by atoms with Crippen molar-refractivity contribution in [1.29, 1.82) is 0 Å². The molecule has 5 rings (SSSR count). The second kappa shape index (κ2) is 15.4. The van der Waals surface area contributed by atoms with Gasteiger partial charge >= 0.3 is 0 Å². The molecular weight excluding hydrogens is 591 g/mol. The Kier molecular flexibility index (Phi) is 12.2. The molecule has 0 spiro atoms. The number of carbonyl (C=O) groups is 2. The lowest BCUT2D eigenvalue weighted by Gasteiger charge is -2.48. The molecule has 2 heterocycles. The molecule has 1 saturated carbocycles. The van der Waals surface area contributed by atoms with Gasteiger partial charge in [0.1, 0.15) is 0 Å². The predicted octanol–water partition coefficient (Wildman–Crippen LogP) is 6.47. The number of hydrogen-bond acceptors (Lipinski definition) is 4. The Labute approximate surface area is 275 Å². The molecule has 8 heteroatoms. The first kappa shape index (κ1) is 34.7. The average molecular weight is 644 g/mol. The summed E-state index contributed by atoms with van der Waals surface area (Å²) in [7, 11) is 0. The number of fused-ring (bicyclic) bond motifs is 1.